The molecule has 126 valence electrons. The quantitative estimate of drug-likeness (QED) is 0.733. The predicted molar refractivity (Wildman–Crippen MR) is 89.8 cm³/mol. The smallest absolute Gasteiger partial charge is 0.168 e. The van der Waals surface area contributed by atoms with Crippen LogP contribution in [-0.2, 0) is 9.47 Å². The third kappa shape index (κ3) is 3.58. The van der Waals surface area contributed by atoms with Crippen LogP contribution in [0.3, 0.4) is 0 Å². The summed E-state index contributed by atoms with van der Waals surface area (Å²) in [5.74, 6) is 0.568. The summed E-state index contributed by atoms with van der Waals surface area (Å²) in [6.45, 7) is 11.2. The van der Waals surface area contributed by atoms with Crippen LogP contribution >= 0.6 is 0 Å². The molecule has 0 aromatic carbocycles. The molecule has 0 N–H and O–H groups in total. The van der Waals surface area contributed by atoms with Gasteiger partial charge in [-0.25, -0.2) is 0 Å². The van der Waals surface area contributed by atoms with Crippen LogP contribution in [0.4, 0.5) is 0 Å². The van der Waals surface area contributed by atoms with Crippen LogP contribution in [0, 0.1) is 11.3 Å². The predicted octanol–water partition coefficient (Wildman–Crippen LogP) is 3.99. The van der Waals surface area contributed by atoms with Crippen LogP contribution in [0.5, 0.6) is 0 Å². The highest BCUT2D eigenvalue weighted by Gasteiger charge is 2.46. The summed E-state index contributed by atoms with van der Waals surface area (Å²) in [6.07, 6.45) is 11.9. The third-order valence-corrected chi connectivity index (χ3v) is 6.28. The van der Waals surface area contributed by atoms with E-state index in [1.54, 1.807) is 0 Å². The monoisotopic (exact) mass is 307 g/mol. The second-order valence-electron chi connectivity index (χ2n) is 8.10. The first-order valence-corrected chi connectivity index (χ1v) is 9.22. The molecule has 1 aliphatic carbocycles. The molecule has 2 fully saturated rings. The minimum absolute atomic E-state index is 0.253. The number of ether oxygens (including phenoxy) is 2. The largest absolute Gasteiger partial charge is 0.347 e. The van der Waals surface area contributed by atoms with E-state index in [1.165, 1.54) is 25.7 Å². The third-order valence-electron chi connectivity index (χ3n) is 6.28. The van der Waals surface area contributed by atoms with Crippen LogP contribution in [0.2, 0.25) is 0 Å². The molecule has 2 aliphatic heterocycles. The van der Waals surface area contributed by atoms with Crippen molar-refractivity contribution in [3.05, 3.63) is 12.2 Å². The molecule has 22 heavy (non-hydrogen) atoms. The van der Waals surface area contributed by atoms with Crippen LogP contribution in [0.1, 0.15) is 59.3 Å². The van der Waals surface area contributed by atoms with Gasteiger partial charge < -0.3 is 9.47 Å². The van der Waals surface area contributed by atoms with Crippen LogP contribution in [0.25, 0.3) is 0 Å². The van der Waals surface area contributed by atoms with Crippen molar-refractivity contribution in [2.45, 2.75) is 71.2 Å². The van der Waals surface area contributed by atoms with Gasteiger partial charge in [0.1, 0.15) is 0 Å². The zero-order valence-corrected chi connectivity index (χ0v) is 14.6. The Labute approximate surface area is 136 Å². The van der Waals surface area contributed by atoms with Gasteiger partial charge in [0, 0.05) is 32.5 Å². The van der Waals surface area contributed by atoms with E-state index in [4.69, 9.17) is 9.47 Å². The van der Waals surface area contributed by atoms with Crippen molar-refractivity contribution in [3.63, 3.8) is 0 Å². The molecule has 0 radical (unpaired) electrons. The summed E-state index contributed by atoms with van der Waals surface area (Å²) >= 11 is 0. The molecule has 3 rings (SSSR count). The molecule has 0 aromatic rings. The molecule has 3 aliphatic rings. The Bertz CT molecular complexity index is 396. The van der Waals surface area contributed by atoms with E-state index in [0.29, 0.717) is 5.41 Å². The lowest BCUT2D eigenvalue weighted by Gasteiger charge is -2.42. The average Bonchev–Trinajstić information content (AvgIpc) is 2.91. The Morgan fingerprint density at radius 3 is 2.64 bits per heavy atom. The van der Waals surface area contributed by atoms with E-state index in [9.17, 15) is 0 Å². The molecule has 1 atom stereocenters. The average molecular weight is 307 g/mol. The Kier molecular flexibility index (Phi) is 4.96. The number of hydrogen-bond acceptors (Lipinski definition) is 3. The van der Waals surface area contributed by atoms with Crippen molar-refractivity contribution in [1.82, 2.24) is 4.90 Å². The normalized spacial score (nSPS) is 37.0. The zero-order chi connectivity index (χ0) is 15.6. The van der Waals surface area contributed by atoms with Gasteiger partial charge in [-0.2, -0.15) is 0 Å². The number of hydrogen-bond donors (Lipinski definition) is 0. The zero-order valence-electron chi connectivity index (χ0n) is 14.6. The van der Waals surface area contributed by atoms with E-state index in [0.717, 1.165) is 45.0 Å². The van der Waals surface area contributed by atoms with Gasteiger partial charge in [0.15, 0.2) is 5.79 Å². The molecular weight excluding hydrogens is 274 g/mol. The van der Waals surface area contributed by atoms with Crippen molar-refractivity contribution in [2.75, 3.05) is 26.2 Å². The van der Waals surface area contributed by atoms with Gasteiger partial charge in [0.05, 0.1) is 12.7 Å². The molecule has 1 saturated heterocycles. The molecule has 1 spiro atoms. The van der Waals surface area contributed by atoms with Crippen LogP contribution in [0.15, 0.2) is 12.2 Å². The summed E-state index contributed by atoms with van der Waals surface area (Å²) < 4.78 is 12.6. The van der Waals surface area contributed by atoms with Gasteiger partial charge in [-0.3, -0.25) is 4.90 Å². The lowest BCUT2D eigenvalue weighted by Crippen LogP contribution is -2.41. The van der Waals surface area contributed by atoms with Gasteiger partial charge in [-0.15, -0.1) is 0 Å². The van der Waals surface area contributed by atoms with Crippen molar-refractivity contribution < 1.29 is 9.47 Å². The first kappa shape index (κ1) is 16.5. The first-order chi connectivity index (χ1) is 10.5. The van der Waals surface area contributed by atoms with E-state index in [2.05, 4.69) is 37.8 Å². The fourth-order valence-electron chi connectivity index (χ4n) is 4.24. The molecular formula is C19H33NO2. The van der Waals surface area contributed by atoms with Crippen LogP contribution in [-0.4, -0.2) is 43.0 Å². The maximum Gasteiger partial charge on any atom is 0.168 e. The lowest BCUT2D eigenvalue weighted by atomic mass is 9.68. The Morgan fingerprint density at radius 1 is 1.23 bits per heavy atom. The van der Waals surface area contributed by atoms with Gasteiger partial charge in [0.25, 0.3) is 0 Å². The summed E-state index contributed by atoms with van der Waals surface area (Å²) in [6, 6.07) is 0. The second kappa shape index (κ2) is 6.62. The van der Waals surface area contributed by atoms with Gasteiger partial charge in [-0.05, 0) is 30.6 Å². The molecule has 1 saturated carbocycles. The standard InChI is InChI=1S/C19H33NO2/c1-4-18(2,3)16-8-10-19(11-9-16)21-15-17(22-19)14-20-12-6-5-7-13-20/h5-6,16-17H,4,7-15H2,1-3H3. The molecule has 2 heterocycles. The summed E-state index contributed by atoms with van der Waals surface area (Å²) in [4.78, 5) is 2.48. The summed E-state index contributed by atoms with van der Waals surface area (Å²) in [5, 5.41) is 0. The van der Waals surface area contributed by atoms with Crippen molar-refractivity contribution in [2.24, 2.45) is 11.3 Å². The maximum atomic E-state index is 6.40. The molecule has 0 bridgehead atoms. The second-order valence-corrected chi connectivity index (χ2v) is 8.10. The van der Waals surface area contributed by atoms with Crippen molar-refractivity contribution >= 4 is 0 Å². The minimum Gasteiger partial charge on any atom is -0.347 e. The number of nitrogens with zero attached hydrogens (tertiary/aromatic N) is 1. The van der Waals surface area contributed by atoms with Crippen molar-refractivity contribution in [3.8, 4) is 0 Å². The minimum atomic E-state index is -0.253. The first-order valence-electron chi connectivity index (χ1n) is 9.22. The molecule has 3 nitrogen and oxygen atoms in total. The van der Waals surface area contributed by atoms with Gasteiger partial charge in [0.2, 0.25) is 0 Å². The SMILES string of the molecule is CCC(C)(C)C1CCC2(CC1)OCC(CN1CC=CCC1)O2. The Balaban J connectivity index is 1.49. The fraction of sp³-hybridized carbons (Fsp3) is 0.895. The summed E-state index contributed by atoms with van der Waals surface area (Å²) in [7, 11) is 0. The topological polar surface area (TPSA) is 21.7 Å². The molecule has 0 aromatic heterocycles. The highest BCUT2D eigenvalue weighted by molar-refractivity contribution is 4.93. The molecule has 1 unspecified atom stereocenters. The van der Waals surface area contributed by atoms with E-state index < -0.39 is 0 Å². The highest BCUT2D eigenvalue weighted by atomic mass is 16.7. The van der Waals surface area contributed by atoms with Gasteiger partial charge in [-0.1, -0.05) is 39.3 Å². The lowest BCUT2D eigenvalue weighted by molar-refractivity contribution is -0.198. The van der Waals surface area contributed by atoms with Gasteiger partial charge >= 0.3 is 0 Å². The summed E-state index contributed by atoms with van der Waals surface area (Å²) in [5.41, 5.74) is 0.458. The van der Waals surface area contributed by atoms with E-state index in [-0.39, 0.29) is 11.9 Å². The van der Waals surface area contributed by atoms with E-state index in [1.807, 2.05) is 0 Å². The number of rotatable bonds is 4. The Hall–Kier alpha value is -0.380. The van der Waals surface area contributed by atoms with Crippen LogP contribution < -0.4 is 0 Å². The highest BCUT2D eigenvalue weighted by Crippen LogP contribution is 2.46. The molecule has 3 heteroatoms. The Morgan fingerprint density at radius 2 is 2.00 bits per heavy atom. The fourth-order valence-corrected chi connectivity index (χ4v) is 4.24. The maximum absolute atomic E-state index is 6.40. The molecule has 0 amide bonds. The van der Waals surface area contributed by atoms with E-state index >= 15 is 0 Å². The van der Waals surface area contributed by atoms with Crippen molar-refractivity contribution in [1.29, 1.82) is 0 Å².